The maximum absolute atomic E-state index is 12.9. The minimum Gasteiger partial charge on any atom is -0.495 e. The Labute approximate surface area is 143 Å². The summed E-state index contributed by atoms with van der Waals surface area (Å²) in [7, 11) is -1.02. The fraction of sp³-hybridized carbons (Fsp3) is 0.562. The molecular formula is C16H25N3O4S. The van der Waals surface area contributed by atoms with E-state index < -0.39 is 10.0 Å². The van der Waals surface area contributed by atoms with Crippen LogP contribution in [0, 0.1) is 5.92 Å². The molecule has 24 heavy (non-hydrogen) atoms. The smallest absolute Gasteiger partial charge is 0.254 e. The molecule has 0 aliphatic carbocycles. The van der Waals surface area contributed by atoms with E-state index in [-0.39, 0.29) is 22.6 Å². The molecule has 0 spiro atoms. The maximum atomic E-state index is 12.9. The fourth-order valence-electron chi connectivity index (χ4n) is 3.04. The molecule has 2 rings (SSSR count). The van der Waals surface area contributed by atoms with Gasteiger partial charge in [0.15, 0.2) is 0 Å². The third-order valence-corrected chi connectivity index (χ3v) is 5.92. The molecule has 8 heteroatoms. The summed E-state index contributed by atoms with van der Waals surface area (Å²) in [5.41, 5.74) is 6.14. The zero-order chi connectivity index (χ0) is 17.9. The molecule has 1 saturated heterocycles. The Kier molecular flexibility index (Phi) is 5.84. The van der Waals surface area contributed by atoms with Crippen molar-refractivity contribution < 1.29 is 17.9 Å². The van der Waals surface area contributed by atoms with Gasteiger partial charge in [-0.15, -0.1) is 0 Å². The Bertz CT molecular complexity index is 705. The van der Waals surface area contributed by atoms with E-state index in [4.69, 9.17) is 10.5 Å². The number of nitrogens with zero attached hydrogens (tertiary/aromatic N) is 1. The van der Waals surface area contributed by atoms with Crippen LogP contribution in [0.25, 0.3) is 0 Å². The standard InChI is InChI=1S/C16H25N3O4S/c1-11-6-7-19(13(8-11)10-17)16(20)12-4-5-14(23-3)15(9-12)24(21,22)18-2/h4-5,9,11,13,18H,6-8,10,17H2,1-3H3. The molecular weight excluding hydrogens is 330 g/mol. The second-order valence-electron chi connectivity index (χ2n) is 6.09. The summed E-state index contributed by atoms with van der Waals surface area (Å²) < 4.78 is 31.7. The zero-order valence-corrected chi connectivity index (χ0v) is 15.1. The topological polar surface area (TPSA) is 102 Å². The third-order valence-electron chi connectivity index (χ3n) is 4.48. The predicted molar refractivity (Wildman–Crippen MR) is 91.5 cm³/mol. The highest BCUT2D eigenvalue weighted by Crippen LogP contribution is 2.28. The molecule has 1 aliphatic heterocycles. The molecule has 1 aromatic rings. The van der Waals surface area contributed by atoms with Crippen molar-refractivity contribution in [2.45, 2.75) is 30.7 Å². The van der Waals surface area contributed by atoms with Crippen LogP contribution in [-0.2, 0) is 10.0 Å². The number of ether oxygens (including phenoxy) is 1. The SMILES string of the molecule is CNS(=O)(=O)c1cc(C(=O)N2CCC(C)CC2CN)ccc1OC. The van der Waals surface area contributed by atoms with Gasteiger partial charge in [0.25, 0.3) is 5.91 Å². The third kappa shape index (κ3) is 3.71. The van der Waals surface area contributed by atoms with E-state index >= 15 is 0 Å². The van der Waals surface area contributed by atoms with E-state index in [1.165, 1.54) is 26.3 Å². The van der Waals surface area contributed by atoms with Gasteiger partial charge in [-0.25, -0.2) is 13.1 Å². The first-order chi connectivity index (χ1) is 11.3. The quantitative estimate of drug-likeness (QED) is 0.813. The van der Waals surface area contributed by atoms with Gasteiger partial charge >= 0.3 is 0 Å². The van der Waals surface area contributed by atoms with Gasteiger partial charge in [-0.3, -0.25) is 4.79 Å². The van der Waals surface area contributed by atoms with E-state index in [2.05, 4.69) is 11.6 Å². The van der Waals surface area contributed by atoms with Gasteiger partial charge in [0.05, 0.1) is 7.11 Å². The number of carbonyl (C=O) groups excluding carboxylic acids is 1. The highest BCUT2D eigenvalue weighted by molar-refractivity contribution is 7.89. The van der Waals surface area contributed by atoms with Crippen molar-refractivity contribution in [3.05, 3.63) is 23.8 Å². The van der Waals surface area contributed by atoms with Gasteiger partial charge in [-0.05, 0) is 44.0 Å². The summed E-state index contributed by atoms with van der Waals surface area (Å²) >= 11 is 0. The minimum atomic E-state index is -3.73. The highest BCUT2D eigenvalue weighted by atomic mass is 32.2. The molecule has 1 amide bonds. The molecule has 0 bridgehead atoms. The number of benzene rings is 1. The number of nitrogens with two attached hydrogens (primary N) is 1. The number of carbonyl (C=O) groups is 1. The van der Waals surface area contributed by atoms with Gasteiger partial charge in [0, 0.05) is 24.7 Å². The lowest BCUT2D eigenvalue weighted by Gasteiger charge is -2.38. The molecule has 0 saturated carbocycles. The molecule has 7 nitrogen and oxygen atoms in total. The summed E-state index contributed by atoms with van der Waals surface area (Å²) in [6, 6.07) is 4.43. The Morgan fingerprint density at radius 3 is 2.75 bits per heavy atom. The first-order valence-corrected chi connectivity index (χ1v) is 9.45. The Hall–Kier alpha value is -1.64. The lowest BCUT2D eigenvalue weighted by atomic mass is 9.92. The van der Waals surface area contributed by atoms with Crippen molar-refractivity contribution in [3.8, 4) is 5.75 Å². The normalized spacial score (nSPS) is 21.6. The number of hydrogen-bond donors (Lipinski definition) is 2. The van der Waals surface area contributed by atoms with E-state index in [9.17, 15) is 13.2 Å². The van der Waals surface area contributed by atoms with Gasteiger partial charge in [0.2, 0.25) is 10.0 Å². The fourth-order valence-corrected chi connectivity index (χ4v) is 3.96. The molecule has 1 aromatic carbocycles. The van der Waals surface area contributed by atoms with Crippen molar-refractivity contribution in [2.75, 3.05) is 27.2 Å². The predicted octanol–water partition coefficient (Wildman–Crippen LogP) is 0.803. The number of amides is 1. The number of hydrogen-bond acceptors (Lipinski definition) is 5. The number of sulfonamides is 1. The van der Waals surface area contributed by atoms with Crippen molar-refractivity contribution in [2.24, 2.45) is 11.7 Å². The summed E-state index contributed by atoms with van der Waals surface area (Å²) in [5.74, 6) is 0.523. The van der Waals surface area contributed by atoms with Crippen molar-refractivity contribution in [3.63, 3.8) is 0 Å². The first-order valence-electron chi connectivity index (χ1n) is 7.96. The average Bonchev–Trinajstić information content (AvgIpc) is 2.60. The molecule has 0 radical (unpaired) electrons. The van der Waals surface area contributed by atoms with Gasteiger partial charge in [-0.1, -0.05) is 6.92 Å². The van der Waals surface area contributed by atoms with Crippen LogP contribution < -0.4 is 15.2 Å². The summed E-state index contributed by atoms with van der Waals surface area (Å²) in [6.45, 7) is 3.17. The molecule has 2 atom stereocenters. The number of nitrogens with one attached hydrogen (secondary N) is 1. The molecule has 3 N–H and O–H groups in total. The number of likely N-dealkylation sites (tertiary alicyclic amines) is 1. The summed E-state index contributed by atoms with van der Waals surface area (Å²) in [5, 5.41) is 0. The summed E-state index contributed by atoms with van der Waals surface area (Å²) in [6.07, 6.45) is 1.78. The van der Waals surface area contributed by atoms with Gasteiger partial charge in [0.1, 0.15) is 10.6 Å². The second-order valence-corrected chi connectivity index (χ2v) is 7.95. The number of piperidine rings is 1. The minimum absolute atomic E-state index is 0.0206. The Morgan fingerprint density at radius 2 is 2.17 bits per heavy atom. The van der Waals surface area contributed by atoms with Crippen LogP contribution in [0.3, 0.4) is 0 Å². The van der Waals surface area contributed by atoms with Crippen LogP contribution in [0.15, 0.2) is 23.1 Å². The Morgan fingerprint density at radius 1 is 1.46 bits per heavy atom. The van der Waals surface area contributed by atoms with Gasteiger partial charge in [-0.2, -0.15) is 0 Å². The van der Waals surface area contributed by atoms with Crippen molar-refractivity contribution in [1.82, 2.24) is 9.62 Å². The largest absolute Gasteiger partial charge is 0.495 e. The van der Waals surface area contributed by atoms with Crippen LogP contribution >= 0.6 is 0 Å². The van der Waals surface area contributed by atoms with Crippen LogP contribution in [-0.4, -0.2) is 52.5 Å². The van der Waals surface area contributed by atoms with Crippen LogP contribution in [0.2, 0.25) is 0 Å². The van der Waals surface area contributed by atoms with Gasteiger partial charge < -0.3 is 15.4 Å². The second kappa shape index (κ2) is 7.50. The van der Waals surface area contributed by atoms with E-state index in [1.807, 2.05) is 0 Å². The van der Waals surface area contributed by atoms with Crippen LogP contribution in [0.5, 0.6) is 5.75 Å². The average molecular weight is 355 g/mol. The highest BCUT2D eigenvalue weighted by Gasteiger charge is 2.30. The lowest BCUT2D eigenvalue weighted by Crippen LogP contribution is -2.49. The number of rotatable bonds is 5. The van der Waals surface area contributed by atoms with E-state index in [1.54, 1.807) is 11.0 Å². The lowest BCUT2D eigenvalue weighted by molar-refractivity contribution is 0.0573. The van der Waals surface area contributed by atoms with Crippen LogP contribution in [0.4, 0.5) is 0 Å². The van der Waals surface area contributed by atoms with E-state index in [0.29, 0.717) is 24.6 Å². The van der Waals surface area contributed by atoms with Crippen LogP contribution in [0.1, 0.15) is 30.1 Å². The first kappa shape index (κ1) is 18.7. The summed E-state index contributed by atoms with van der Waals surface area (Å²) in [4.78, 5) is 14.6. The molecule has 2 unspecified atom stereocenters. The molecule has 1 fully saturated rings. The number of methoxy groups -OCH3 is 1. The van der Waals surface area contributed by atoms with Crippen molar-refractivity contribution >= 4 is 15.9 Å². The molecule has 1 heterocycles. The molecule has 1 aliphatic rings. The molecule has 134 valence electrons. The monoisotopic (exact) mass is 355 g/mol. The molecule has 0 aromatic heterocycles. The van der Waals surface area contributed by atoms with Crippen molar-refractivity contribution in [1.29, 1.82) is 0 Å². The van der Waals surface area contributed by atoms with E-state index in [0.717, 1.165) is 12.8 Å². The zero-order valence-electron chi connectivity index (χ0n) is 14.3. The Balaban J connectivity index is 2.38. The maximum Gasteiger partial charge on any atom is 0.254 e.